The highest BCUT2D eigenvalue weighted by Crippen LogP contribution is 1.93. The van der Waals surface area contributed by atoms with Gasteiger partial charge in [-0.3, -0.25) is 0 Å². The van der Waals surface area contributed by atoms with E-state index in [0.717, 1.165) is 0 Å². The molecule has 0 aliphatic carbocycles. The number of amides is 2. The number of rotatable bonds is 0. The van der Waals surface area contributed by atoms with E-state index in [9.17, 15) is 4.79 Å². The second-order valence-corrected chi connectivity index (χ2v) is 1.48. The molecule has 1 N–H and O–H groups in total. The van der Waals surface area contributed by atoms with E-state index in [1.807, 2.05) is 0 Å². The minimum atomic E-state index is -0.0139. The van der Waals surface area contributed by atoms with E-state index >= 15 is 0 Å². The maximum Gasteiger partial charge on any atom is 0.317 e. The molecule has 7 heavy (non-hydrogen) atoms. The fourth-order valence-corrected chi connectivity index (χ4v) is 0.477. The molecule has 0 spiro atoms. The van der Waals surface area contributed by atoms with Crippen LogP contribution >= 0.6 is 0 Å². The second-order valence-electron chi connectivity index (χ2n) is 1.48. The van der Waals surface area contributed by atoms with Crippen LogP contribution in [0.3, 0.4) is 0 Å². The minimum absolute atomic E-state index is 0.0139. The van der Waals surface area contributed by atoms with Crippen molar-refractivity contribution in [3.8, 4) is 0 Å². The number of likely N-dealkylation sites (N-methyl/N-ethyl adjacent to an activating group) is 1. The van der Waals surface area contributed by atoms with Crippen LogP contribution < -0.4 is 5.32 Å². The summed E-state index contributed by atoms with van der Waals surface area (Å²) in [6.07, 6.45) is 0. The van der Waals surface area contributed by atoms with Gasteiger partial charge in [0.25, 0.3) is 0 Å². The van der Waals surface area contributed by atoms with Gasteiger partial charge < -0.3 is 10.2 Å². The number of nitrogens with zero attached hydrogens (tertiary/aromatic N) is 1. The van der Waals surface area contributed by atoms with Gasteiger partial charge >= 0.3 is 6.03 Å². The lowest BCUT2D eigenvalue weighted by Crippen LogP contribution is -2.22. The first-order valence-electron chi connectivity index (χ1n) is 2.14. The van der Waals surface area contributed by atoms with Gasteiger partial charge in [-0.25, -0.2) is 4.79 Å². The van der Waals surface area contributed by atoms with Crippen LogP contribution in [-0.4, -0.2) is 24.5 Å². The Morgan fingerprint density at radius 3 is 2.86 bits per heavy atom. The standard InChI is InChI=1S/C4H7N2O/c1-6-3-2-5-4(6)7/h3H,2H2,1H3,(H,5,7). The van der Waals surface area contributed by atoms with Crippen LogP contribution in [0.2, 0.25) is 0 Å². The summed E-state index contributed by atoms with van der Waals surface area (Å²) in [7, 11) is 1.72. The van der Waals surface area contributed by atoms with Crippen molar-refractivity contribution in [2.45, 2.75) is 0 Å². The van der Waals surface area contributed by atoms with Gasteiger partial charge in [-0.05, 0) is 0 Å². The first-order chi connectivity index (χ1) is 3.30. The van der Waals surface area contributed by atoms with E-state index in [2.05, 4.69) is 5.32 Å². The smallest absolute Gasteiger partial charge is 0.317 e. The molecule has 1 fully saturated rings. The summed E-state index contributed by atoms with van der Waals surface area (Å²) in [6, 6.07) is -0.0139. The largest absolute Gasteiger partial charge is 0.336 e. The molecular weight excluding hydrogens is 92.1 g/mol. The predicted octanol–water partition coefficient (Wildman–Crippen LogP) is -0.197. The zero-order chi connectivity index (χ0) is 5.28. The Hall–Kier alpha value is -0.730. The van der Waals surface area contributed by atoms with E-state index in [-0.39, 0.29) is 6.03 Å². The Bertz CT molecular complexity index is 91.7. The summed E-state index contributed by atoms with van der Waals surface area (Å²) in [4.78, 5) is 11.9. The molecule has 3 nitrogen and oxygen atoms in total. The number of urea groups is 1. The van der Waals surface area contributed by atoms with Gasteiger partial charge in [0.05, 0.1) is 6.54 Å². The Kier molecular flexibility index (Phi) is 0.889. The third-order valence-corrected chi connectivity index (χ3v) is 0.939. The van der Waals surface area contributed by atoms with Crippen molar-refractivity contribution in [3.05, 3.63) is 6.54 Å². The summed E-state index contributed by atoms with van der Waals surface area (Å²) in [5.41, 5.74) is 0. The maximum absolute atomic E-state index is 10.4. The fourth-order valence-electron chi connectivity index (χ4n) is 0.477. The Morgan fingerprint density at radius 2 is 2.71 bits per heavy atom. The highest BCUT2D eigenvalue weighted by Gasteiger charge is 2.13. The molecule has 1 radical (unpaired) electrons. The first-order valence-corrected chi connectivity index (χ1v) is 2.14. The van der Waals surface area contributed by atoms with E-state index in [4.69, 9.17) is 0 Å². The van der Waals surface area contributed by atoms with Crippen LogP contribution in [0.4, 0.5) is 4.79 Å². The number of carbonyl (C=O) groups is 1. The van der Waals surface area contributed by atoms with Gasteiger partial charge in [-0.15, -0.1) is 0 Å². The van der Waals surface area contributed by atoms with Crippen molar-refractivity contribution in [3.63, 3.8) is 0 Å². The number of hydrogen-bond donors (Lipinski definition) is 1. The molecule has 39 valence electrons. The molecule has 2 amide bonds. The molecule has 1 heterocycles. The zero-order valence-electron chi connectivity index (χ0n) is 4.14. The van der Waals surface area contributed by atoms with E-state index in [1.54, 1.807) is 13.6 Å². The van der Waals surface area contributed by atoms with Crippen molar-refractivity contribution < 1.29 is 4.79 Å². The van der Waals surface area contributed by atoms with Gasteiger partial charge in [0.15, 0.2) is 0 Å². The highest BCUT2D eigenvalue weighted by atomic mass is 16.2. The monoisotopic (exact) mass is 99.1 g/mol. The summed E-state index contributed by atoms with van der Waals surface area (Å²) in [5.74, 6) is 0. The van der Waals surface area contributed by atoms with E-state index in [0.29, 0.717) is 6.54 Å². The average Bonchev–Trinajstić information content (AvgIpc) is 1.91. The summed E-state index contributed by atoms with van der Waals surface area (Å²) in [6.45, 7) is 2.47. The molecule has 1 saturated heterocycles. The van der Waals surface area contributed by atoms with Crippen LogP contribution in [0.15, 0.2) is 0 Å². The quantitative estimate of drug-likeness (QED) is 0.448. The van der Waals surface area contributed by atoms with Crippen LogP contribution in [0.5, 0.6) is 0 Å². The normalized spacial score (nSPS) is 20.1. The maximum atomic E-state index is 10.4. The Morgan fingerprint density at radius 1 is 2.00 bits per heavy atom. The fraction of sp³-hybridized carbons (Fsp3) is 0.500. The molecular formula is C4H7N2O. The summed E-state index contributed by atoms with van der Waals surface area (Å²) < 4.78 is 0. The molecule has 3 heteroatoms. The van der Waals surface area contributed by atoms with Gasteiger partial charge in [0.1, 0.15) is 0 Å². The molecule has 1 rings (SSSR count). The Labute approximate surface area is 42.3 Å². The minimum Gasteiger partial charge on any atom is -0.336 e. The van der Waals surface area contributed by atoms with E-state index < -0.39 is 0 Å². The number of hydrogen-bond acceptors (Lipinski definition) is 1. The number of nitrogens with one attached hydrogen (secondary N) is 1. The van der Waals surface area contributed by atoms with Crippen molar-refractivity contribution in [1.29, 1.82) is 0 Å². The summed E-state index contributed by atoms with van der Waals surface area (Å²) in [5, 5.41) is 2.60. The highest BCUT2D eigenvalue weighted by molar-refractivity contribution is 5.76. The molecule has 0 bridgehead atoms. The zero-order valence-corrected chi connectivity index (χ0v) is 4.14. The van der Waals surface area contributed by atoms with Crippen LogP contribution in [-0.2, 0) is 0 Å². The second kappa shape index (κ2) is 1.40. The van der Waals surface area contributed by atoms with Gasteiger partial charge in [-0.1, -0.05) is 0 Å². The Balaban J connectivity index is 2.48. The van der Waals surface area contributed by atoms with Gasteiger partial charge in [0, 0.05) is 13.6 Å². The van der Waals surface area contributed by atoms with Crippen LogP contribution in [0.1, 0.15) is 0 Å². The lowest BCUT2D eigenvalue weighted by molar-refractivity contribution is 0.229. The van der Waals surface area contributed by atoms with E-state index in [1.165, 1.54) is 4.90 Å². The van der Waals surface area contributed by atoms with Crippen LogP contribution in [0, 0.1) is 6.54 Å². The molecule has 0 aromatic rings. The SMILES string of the molecule is CN1[CH]CNC1=O. The molecule has 1 aliphatic heterocycles. The molecule has 0 unspecified atom stereocenters. The van der Waals surface area contributed by atoms with Crippen molar-refractivity contribution in [1.82, 2.24) is 10.2 Å². The van der Waals surface area contributed by atoms with Crippen LogP contribution in [0.25, 0.3) is 0 Å². The molecule has 0 saturated carbocycles. The van der Waals surface area contributed by atoms with Crippen molar-refractivity contribution in [2.24, 2.45) is 0 Å². The molecule has 0 atom stereocenters. The van der Waals surface area contributed by atoms with Gasteiger partial charge in [-0.2, -0.15) is 0 Å². The topological polar surface area (TPSA) is 32.3 Å². The lowest BCUT2D eigenvalue weighted by Gasteiger charge is -2.00. The molecule has 0 aromatic carbocycles. The molecule has 1 aliphatic rings. The third-order valence-electron chi connectivity index (χ3n) is 0.939. The summed E-state index contributed by atoms with van der Waals surface area (Å²) >= 11 is 0. The average molecular weight is 99.1 g/mol. The van der Waals surface area contributed by atoms with Gasteiger partial charge in [0.2, 0.25) is 0 Å². The van der Waals surface area contributed by atoms with Crippen molar-refractivity contribution >= 4 is 6.03 Å². The lowest BCUT2D eigenvalue weighted by atomic mass is 10.7. The third kappa shape index (κ3) is 0.656. The predicted molar refractivity (Wildman–Crippen MR) is 25.5 cm³/mol. The molecule has 0 aromatic heterocycles. The first kappa shape index (κ1) is 4.43. The van der Waals surface area contributed by atoms with Crippen molar-refractivity contribution in [2.75, 3.05) is 13.6 Å². The number of carbonyl (C=O) groups excluding carboxylic acids is 1.